The Labute approximate surface area is 161 Å². The second-order valence-corrected chi connectivity index (χ2v) is 7.46. The number of hydrogen-bond acceptors (Lipinski definition) is 4. The molecule has 1 aromatic heterocycles. The summed E-state index contributed by atoms with van der Waals surface area (Å²) in [6.07, 6.45) is 3.81. The van der Waals surface area contributed by atoms with Crippen LogP contribution < -0.4 is 5.32 Å². The number of aryl methyl sites for hydroxylation is 1. The lowest BCUT2D eigenvalue weighted by molar-refractivity contribution is -0.120. The molecule has 2 aromatic rings. The first-order chi connectivity index (χ1) is 13.1. The van der Waals surface area contributed by atoms with E-state index in [-0.39, 0.29) is 5.91 Å². The predicted octanol–water partition coefficient (Wildman–Crippen LogP) is 2.49. The lowest BCUT2D eigenvalue weighted by atomic mass is 9.96. The number of carbonyl (C=O) groups is 1. The Morgan fingerprint density at radius 3 is 2.63 bits per heavy atom. The van der Waals surface area contributed by atoms with Crippen molar-refractivity contribution < 1.29 is 9.90 Å². The third-order valence-electron chi connectivity index (χ3n) is 5.25. The predicted molar refractivity (Wildman–Crippen MR) is 106 cm³/mol. The van der Waals surface area contributed by atoms with E-state index in [1.807, 2.05) is 49.4 Å². The number of hydrogen-bond donors (Lipinski definition) is 2. The summed E-state index contributed by atoms with van der Waals surface area (Å²) in [6.45, 7) is 5.27. The quantitative estimate of drug-likeness (QED) is 0.789. The fourth-order valence-electron chi connectivity index (χ4n) is 3.51. The third-order valence-corrected chi connectivity index (χ3v) is 5.25. The molecule has 1 aliphatic rings. The molecule has 0 radical (unpaired) electrons. The average molecular weight is 367 g/mol. The number of piperidine rings is 1. The zero-order valence-electron chi connectivity index (χ0n) is 16.0. The van der Waals surface area contributed by atoms with Gasteiger partial charge in [-0.05, 0) is 56.0 Å². The normalized spacial score (nSPS) is 16.8. The largest absolute Gasteiger partial charge is 0.387 e. The van der Waals surface area contributed by atoms with Crippen LogP contribution in [0, 0.1) is 12.8 Å². The third kappa shape index (κ3) is 6.15. The minimum atomic E-state index is -0.439. The van der Waals surface area contributed by atoms with Gasteiger partial charge in [0.1, 0.15) is 0 Å². The zero-order valence-corrected chi connectivity index (χ0v) is 16.0. The highest BCUT2D eigenvalue weighted by molar-refractivity contribution is 5.78. The van der Waals surface area contributed by atoms with Crippen LogP contribution in [-0.4, -0.2) is 47.1 Å². The van der Waals surface area contributed by atoms with Crippen molar-refractivity contribution in [2.45, 2.75) is 32.3 Å². The van der Waals surface area contributed by atoms with E-state index in [1.165, 1.54) is 0 Å². The zero-order chi connectivity index (χ0) is 19.1. The monoisotopic (exact) mass is 367 g/mol. The van der Waals surface area contributed by atoms with Crippen LogP contribution in [-0.2, 0) is 11.2 Å². The molecular formula is C22H29N3O2. The van der Waals surface area contributed by atoms with E-state index in [9.17, 15) is 9.90 Å². The van der Waals surface area contributed by atoms with Gasteiger partial charge in [-0.2, -0.15) is 0 Å². The van der Waals surface area contributed by atoms with Gasteiger partial charge in [-0.3, -0.25) is 9.78 Å². The SMILES string of the molecule is Cc1ccc(CC(=O)NCC2CCN(CC(O)c3ccccc3)CC2)cn1. The van der Waals surface area contributed by atoms with Crippen LogP contribution in [0.2, 0.25) is 0 Å². The molecule has 0 bridgehead atoms. The first kappa shape index (κ1) is 19.5. The van der Waals surface area contributed by atoms with E-state index in [4.69, 9.17) is 0 Å². The van der Waals surface area contributed by atoms with Gasteiger partial charge >= 0.3 is 0 Å². The Kier molecular flexibility index (Phi) is 6.96. The second-order valence-electron chi connectivity index (χ2n) is 7.46. The molecule has 5 nitrogen and oxygen atoms in total. The van der Waals surface area contributed by atoms with Crippen LogP contribution in [0.1, 0.15) is 35.8 Å². The molecule has 0 spiro atoms. The van der Waals surface area contributed by atoms with Gasteiger partial charge in [0.05, 0.1) is 12.5 Å². The van der Waals surface area contributed by atoms with E-state index in [1.54, 1.807) is 6.20 Å². The molecular weight excluding hydrogens is 338 g/mol. The number of aliphatic hydroxyl groups excluding tert-OH is 1. The average Bonchev–Trinajstić information content (AvgIpc) is 2.70. The summed E-state index contributed by atoms with van der Waals surface area (Å²) in [4.78, 5) is 18.7. The summed E-state index contributed by atoms with van der Waals surface area (Å²) in [5, 5.41) is 13.4. The molecule has 1 unspecified atom stereocenters. The van der Waals surface area contributed by atoms with Gasteiger partial charge < -0.3 is 15.3 Å². The lowest BCUT2D eigenvalue weighted by Gasteiger charge is -2.33. The van der Waals surface area contributed by atoms with Gasteiger partial charge in [-0.1, -0.05) is 36.4 Å². The van der Waals surface area contributed by atoms with Crippen LogP contribution in [0.15, 0.2) is 48.7 Å². The highest BCUT2D eigenvalue weighted by Gasteiger charge is 2.22. The summed E-state index contributed by atoms with van der Waals surface area (Å²) >= 11 is 0. The molecule has 1 atom stereocenters. The molecule has 0 aliphatic carbocycles. The number of aromatic nitrogens is 1. The number of nitrogens with zero attached hydrogens (tertiary/aromatic N) is 2. The molecule has 2 heterocycles. The van der Waals surface area contributed by atoms with E-state index in [0.29, 0.717) is 18.9 Å². The maximum absolute atomic E-state index is 12.1. The molecule has 0 saturated carbocycles. The Hall–Kier alpha value is -2.24. The Bertz CT molecular complexity index is 710. The maximum atomic E-state index is 12.1. The molecule has 1 amide bonds. The van der Waals surface area contributed by atoms with Gasteiger partial charge in [0.2, 0.25) is 5.91 Å². The van der Waals surface area contributed by atoms with Crippen LogP contribution >= 0.6 is 0 Å². The maximum Gasteiger partial charge on any atom is 0.224 e. The van der Waals surface area contributed by atoms with Crippen LogP contribution in [0.25, 0.3) is 0 Å². The summed E-state index contributed by atoms with van der Waals surface area (Å²) in [5.41, 5.74) is 2.88. The first-order valence-corrected chi connectivity index (χ1v) is 9.74. The van der Waals surface area contributed by atoms with Crippen LogP contribution in [0.3, 0.4) is 0 Å². The Balaban J connectivity index is 1.35. The van der Waals surface area contributed by atoms with Crippen molar-refractivity contribution in [1.29, 1.82) is 0 Å². The number of β-amino-alcohol motifs (C(OH)–C–C–N with tert-alkyl or cyclic N) is 1. The van der Waals surface area contributed by atoms with Crippen LogP contribution in [0.4, 0.5) is 0 Å². The molecule has 2 N–H and O–H groups in total. The molecule has 1 aliphatic heterocycles. The minimum Gasteiger partial charge on any atom is -0.387 e. The van der Waals surface area contributed by atoms with Crippen molar-refractivity contribution in [1.82, 2.24) is 15.2 Å². The van der Waals surface area contributed by atoms with E-state index < -0.39 is 6.10 Å². The Morgan fingerprint density at radius 2 is 1.96 bits per heavy atom. The van der Waals surface area contributed by atoms with E-state index >= 15 is 0 Å². The van der Waals surface area contributed by atoms with Gasteiger partial charge in [0.15, 0.2) is 0 Å². The standard InChI is InChI=1S/C22H29N3O2/c1-17-7-8-19(15-23-17)13-22(27)24-14-18-9-11-25(12-10-18)16-21(26)20-5-3-2-4-6-20/h2-8,15,18,21,26H,9-14,16H2,1H3,(H,24,27). The number of carbonyl (C=O) groups excluding carboxylic acids is 1. The lowest BCUT2D eigenvalue weighted by Crippen LogP contribution is -2.40. The number of nitrogens with one attached hydrogen (secondary N) is 1. The van der Waals surface area contributed by atoms with Crippen molar-refractivity contribution in [3.63, 3.8) is 0 Å². The molecule has 1 aromatic carbocycles. The second kappa shape index (κ2) is 9.62. The molecule has 144 valence electrons. The summed E-state index contributed by atoms with van der Waals surface area (Å²) in [7, 11) is 0. The minimum absolute atomic E-state index is 0.0579. The van der Waals surface area contributed by atoms with Crippen molar-refractivity contribution in [3.8, 4) is 0 Å². The van der Waals surface area contributed by atoms with Gasteiger partial charge in [0, 0.05) is 25.0 Å². The summed E-state index contributed by atoms with van der Waals surface area (Å²) in [6, 6.07) is 13.7. The van der Waals surface area contributed by atoms with Gasteiger partial charge in [0.25, 0.3) is 0 Å². The van der Waals surface area contributed by atoms with Crippen LogP contribution in [0.5, 0.6) is 0 Å². The number of likely N-dealkylation sites (tertiary alicyclic amines) is 1. The molecule has 3 rings (SSSR count). The van der Waals surface area contributed by atoms with E-state index in [2.05, 4.69) is 15.2 Å². The summed E-state index contributed by atoms with van der Waals surface area (Å²) < 4.78 is 0. The van der Waals surface area contributed by atoms with Crippen molar-refractivity contribution in [3.05, 3.63) is 65.5 Å². The topological polar surface area (TPSA) is 65.5 Å². The van der Waals surface area contributed by atoms with Crippen molar-refractivity contribution in [2.24, 2.45) is 5.92 Å². The number of rotatable bonds is 7. The number of aliphatic hydroxyl groups is 1. The molecule has 1 saturated heterocycles. The fraction of sp³-hybridized carbons (Fsp3) is 0.455. The number of amides is 1. The van der Waals surface area contributed by atoms with E-state index in [0.717, 1.165) is 49.3 Å². The van der Waals surface area contributed by atoms with Crippen molar-refractivity contribution in [2.75, 3.05) is 26.2 Å². The molecule has 1 fully saturated rings. The molecule has 27 heavy (non-hydrogen) atoms. The number of benzene rings is 1. The van der Waals surface area contributed by atoms with Crippen molar-refractivity contribution >= 4 is 5.91 Å². The Morgan fingerprint density at radius 1 is 1.22 bits per heavy atom. The smallest absolute Gasteiger partial charge is 0.224 e. The van der Waals surface area contributed by atoms with Gasteiger partial charge in [-0.15, -0.1) is 0 Å². The number of pyridine rings is 1. The molecule has 5 heteroatoms. The van der Waals surface area contributed by atoms with Gasteiger partial charge in [-0.25, -0.2) is 0 Å². The highest BCUT2D eigenvalue weighted by Crippen LogP contribution is 2.20. The summed E-state index contributed by atoms with van der Waals surface area (Å²) in [5.74, 6) is 0.567. The highest BCUT2D eigenvalue weighted by atomic mass is 16.3. The first-order valence-electron chi connectivity index (χ1n) is 9.74. The fourth-order valence-corrected chi connectivity index (χ4v) is 3.51.